The first-order chi connectivity index (χ1) is 12.5. The molecular formula is C19H18Cl2N4O. The highest BCUT2D eigenvalue weighted by Crippen LogP contribution is 2.28. The van der Waals surface area contributed by atoms with Crippen LogP contribution in [0, 0.1) is 6.92 Å². The van der Waals surface area contributed by atoms with E-state index in [4.69, 9.17) is 27.9 Å². The minimum absolute atomic E-state index is 0.480. The first-order valence-corrected chi connectivity index (χ1v) is 8.74. The Morgan fingerprint density at radius 2 is 1.81 bits per heavy atom. The Morgan fingerprint density at radius 1 is 1.00 bits per heavy atom. The van der Waals surface area contributed by atoms with E-state index >= 15 is 0 Å². The smallest absolute Gasteiger partial charge is 0.229 e. The molecule has 0 aliphatic carbocycles. The lowest BCUT2D eigenvalue weighted by Crippen LogP contribution is -2.06. The molecule has 3 aromatic rings. The van der Waals surface area contributed by atoms with Crippen LogP contribution < -0.4 is 15.4 Å². The van der Waals surface area contributed by atoms with E-state index in [0.29, 0.717) is 29.1 Å². The van der Waals surface area contributed by atoms with Gasteiger partial charge in [0.05, 0.1) is 12.1 Å². The Labute approximate surface area is 162 Å². The molecule has 5 nitrogen and oxygen atoms in total. The van der Waals surface area contributed by atoms with E-state index in [1.165, 1.54) is 0 Å². The van der Waals surface area contributed by atoms with Crippen LogP contribution in [0.5, 0.6) is 5.75 Å². The van der Waals surface area contributed by atoms with Crippen molar-refractivity contribution in [3.63, 3.8) is 0 Å². The zero-order chi connectivity index (χ0) is 18.5. The molecule has 0 fully saturated rings. The highest BCUT2D eigenvalue weighted by atomic mass is 35.5. The second-order valence-electron chi connectivity index (χ2n) is 5.64. The molecule has 0 bridgehead atoms. The average Bonchev–Trinajstić information content (AvgIpc) is 2.61. The van der Waals surface area contributed by atoms with E-state index in [1.54, 1.807) is 19.2 Å². The fourth-order valence-corrected chi connectivity index (χ4v) is 2.88. The number of nitrogens with zero attached hydrogens (tertiary/aromatic N) is 2. The summed E-state index contributed by atoms with van der Waals surface area (Å²) >= 11 is 12.4. The van der Waals surface area contributed by atoms with Gasteiger partial charge < -0.3 is 15.4 Å². The lowest BCUT2D eigenvalue weighted by atomic mass is 10.2. The molecule has 0 radical (unpaired) electrons. The second-order valence-corrected chi connectivity index (χ2v) is 6.45. The van der Waals surface area contributed by atoms with Gasteiger partial charge in [-0.25, -0.2) is 4.98 Å². The Bertz CT molecular complexity index is 918. The van der Waals surface area contributed by atoms with Gasteiger partial charge in [0.1, 0.15) is 11.6 Å². The number of ether oxygens (including phenoxy) is 1. The maximum Gasteiger partial charge on any atom is 0.229 e. The molecule has 1 heterocycles. The van der Waals surface area contributed by atoms with E-state index in [1.807, 2.05) is 43.3 Å². The number of halogens is 2. The van der Waals surface area contributed by atoms with Gasteiger partial charge in [-0.2, -0.15) is 4.98 Å². The molecule has 0 amide bonds. The molecule has 1 aromatic heterocycles. The lowest BCUT2D eigenvalue weighted by Gasteiger charge is -2.11. The normalized spacial score (nSPS) is 10.5. The number of aryl methyl sites for hydroxylation is 1. The first-order valence-electron chi connectivity index (χ1n) is 7.98. The summed E-state index contributed by atoms with van der Waals surface area (Å²) in [4.78, 5) is 8.91. The number of methoxy groups -OCH3 is 1. The van der Waals surface area contributed by atoms with Crippen LogP contribution in [0.25, 0.3) is 0 Å². The summed E-state index contributed by atoms with van der Waals surface area (Å²) in [7, 11) is 1.58. The number of anilines is 3. The van der Waals surface area contributed by atoms with Crippen LogP contribution >= 0.6 is 23.2 Å². The van der Waals surface area contributed by atoms with Crippen molar-refractivity contribution in [2.45, 2.75) is 13.5 Å². The van der Waals surface area contributed by atoms with Crippen molar-refractivity contribution in [1.29, 1.82) is 0 Å². The van der Waals surface area contributed by atoms with E-state index in [-0.39, 0.29) is 0 Å². The topological polar surface area (TPSA) is 59.1 Å². The lowest BCUT2D eigenvalue weighted by molar-refractivity contribution is 0.415. The van der Waals surface area contributed by atoms with Crippen molar-refractivity contribution < 1.29 is 4.74 Å². The molecule has 7 heteroatoms. The highest BCUT2D eigenvalue weighted by Gasteiger charge is 2.06. The molecule has 0 unspecified atom stereocenters. The SMILES string of the molecule is COc1ccc(Nc2nc(C)cc(NCc3ccccc3Cl)n2)cc1Cl. The number of nitrogens with one attached hydrogen (secondary N) is 2. The summed E-state index contributed by atoms with van der Waals surface area (Å²) in [5.74, 6) is 1.80. The standard InChI is InChI=1S/C19H18Cl2N4O/c1-12-9-18(22-11-13-5-3-4-6-15(13)20)25-19(23-12)24-14-7-8-17(26-2)16(21)10-14/h3-10H,11H2,1-2H3,(H2,22,23,24,25). The Kier molecular flexibility index (Phi) is 5.81. The maximum atomic E-state index is 6.19. The largest absolute Gasteiger partial charge is 0.495 e. The van der Waals surface area contributed by atoms with Crippen LogP contribution in [0.15, 0.2) is 48.5 Å². The number of hydrogen-bond donors (Lipinski definition) is 2. The molecule has 0 saturated carbocycles. The van der Waals surface area contributed by atoms with Gasteiger partial charge in [-0.15, -0.1) is 0 Å². The van der Waals surface area contributed by atoms with Gasteiger partial charge in [0, 0.05) is 29.0 Å². The number of rotatable bonds is 6. The maximum absolute atomic E-state index is 6.19. The van der Waals surface area contributed by atoms with Gasteiger partial charge in [-0.05, 0) is 36.8 Å². The predicted molar refractivity (Wildman–Crippen MR) is 107 cm³/mol. The molecule has 0 aliphatic rings. The van der Waals surface area contributed by atoms with Crippen molar-refractivity contribution in [2.75, 3.05) is 17.7 Å². The molecule has 0 saturated heterocycles. The molecule has 0 spiro atoms. The van der Waals surface area contributed by atoms with Crippen molar-refractivity contribution in [3.8, 4) is 5.75 Å². The number of hydrogen-bond acceptors (Lipinski definition) is 5. The molecule has 2 aromatic carbocycles. The van der Waals surface area contributed by atoms with E-state index in [2.05, 4.69) is 20.6 Å². The summed E-state index contributed by atoms with van der Waals surface area (Å²) < 4.78 is 5.16. The van der Waals surface area contributed by atoms with Crippen LogP contribution in [-0.4, -0.2) is 17.1 Å². The minimum Gasteiger partial charge on any atom is -0.495 e. The highest BCUT2D eigenvalue weighted by molar-refractivity contribution is 6.32. The molecule has 0 atom stereocenters. The van der Waals surface area contributed by atoms with Crippen LogP contribution in [0.2, 0.25) is 10.0 Å². The second kappa shape index (κ2) is 8.25. The Balaban J connectivity index is 1.75. The molecular weight excluding hydrogens is 371 g/mol. The Hall–Kier alpha value is -2.50. The molecule has 2 N–H and O–H groups in total. The van der Waals surface area contributed by atoms with Gasteiger partial charge in [0.15, 0.2) is 0 Å². The van der Waals surface area contributed by atoms with E-state index < -0.39 is 0 Å². The van der Waals surface area contributed by atoms with Gasteiger partial charge >= 0.3 is 0 Å². The predicted octanol–water partition coefficient (Wildman–Crippen LogP) is 5.46. The van der Waals surface area contributed by atoms with Crippen LogP contribution in [0.1, 0.15) is 11.3 Å². The summed E-state index contributed by atoms with van der Waals surface area (Å²) in [5, 5.41) is 7.67. The third-order valence-corrected chi connectivity index (χ3v) is 4.34. The summed E-state index contributed by atoms with van der Waals surface area (Å²) in [6.07, 6.45) is 0. The minimum atomic E-state index is 0.480. The zero-order valence-electron chi connectivity index (χ0n) is 14.4. The number of benzene rings is 2. The van der Waals surface area contributed by atoms with Crippen molar-refractivity contribution in [2.24, 2.45) is 0 Å². The Morgan fingerprint density at radius 3 is 2.54 bits per heavy atom. The van der Waals surface area contributed by atoms with Gasteiger partial charge in [-0.1, -0.05) is 41.4 Å². The fraction of sp³-hybridized carbons (Fsp3) is 0.158. The number of aromatic nitrogens is 2. The quantitative estimate of drug-likeness (QED) is 0.587. The monoisotopic (exact) mass is 388 g/mol. The van der Waals surface area contributed by atoms with Crippen molar-refractivity contribution in [3.05, 3.63) is 69.8 Å². The third kappa shape index (κ3) is 4.56. The summed E-state index contributed by atoms with van der Waals surface area (Å²) in [6, 6.07) is 15.0. The van der Waals surface area contributed by atoms with Crippen LogP contribution in [0.4, 0.5) is 17.5 Å². The molecule has 134 valence electrons. The van der Waals surface area contributed by atoms with Gasteiger partial charge in [0.2, 0.25) is 5.95 Å². The first kappa shape index (κ1) is 18.3. The summed E-state index contributed by atoms with van der Waals surface area (Å²) in [6.45, 7) is 2.48. The van der Waals surface area contributed by atoms with E-state index in [0.717, 1.165) is 22.0 Å². The van der Waals surface area contributed by atoms with Gasteiger partial charge in [-0.3, -0.25) is 0 Å². The summed E-state index contributed by atoms with van der Waals surface area (Å²) in [5.41, 5.74) is 2.61. The third-order valence-electron chi connectivity index (χ3n) is 3.68. The van der Waals surface area contributed by atoms with Crippen LogP contribution in [-0.2, 0) is 6.54 Å². The van der Waals surface area contributed by atoms with E-state index in [9.17, 15) is 0 Å². The van der Waals surface area contributed by atoms with Crippen molar-refractivity contribution in [1.82, 2.24) is 9.97 Å². The van der Waals surface area contributed by atoms with Crippen LogP contribution in [0.3, 0.4) is 0 Å². The van der Waals surface area contributed by atoms with Crippen molar-refractivity contribution >= 4 is 40.7 Å². The average molecular weight is 389 g/mol. The fourth-order valence-electron chi connectivity index (χ4n) is 2.42. The zero-order valence-corrected chi connectivity index (χ0v) is 15.9. The van der Waals surface area contributed by atoms with Gasteiger partial charge in [0.25, 0.3) is 0 Å². The molecule has 3 rings (SSSR count). The molecule has 26 heavy (non-hydrogen) atoms. The molecule has 0 aliphatic heterocycles.